The zero-order valence-electron chi connectivity index (χ0n) is 18.6. The summed E-state index contributed by atoms with van der Waals surface area (Å²) in [5.74, 6) is 0.764. The molecule has 2 aliphatic rings. The number of carbonyl (C=O) groups excluding carboxylic acids is 2. The maximum absolute atomic E-state index is 12.6. The van der Waals surface area contributed by atoms with E-state index in [9.17, 15) is 9.59 Å². The second-order valence-electron chi connectivity index (χ2n) is 7.98. The number of nitrogens with zero attached hydrogens (tertiary/aromatic N) is 2. The predicted molar refractivity (Wildman–Crippen MR) is 126 cm³/mol. The van der Waals surface area contributed by atoms with Crippen LogP contribution in [-0.4, -0.2) is 79.8 Å². The van der Waals surface area contributed by atoms with Gasteiger partial charge in [0.05, 0.1) is 6.61 Å². The van der Waals surface area contributed by atoms with Crippen molar-refractivity contribution in [1.82, 2.24) is 15.1 Å². The van der Waals surface area contributed by atoms with Gasteiger partial charge < -0.3 is 25.2 Å². The van der Waals surface area contributed by atoms with Crippen molar-refractivity contribution >= 4 is 29.3 Å². The smallest absolute Gasteiger partial charge is 0.291 e. The van der Waals surface area contributed by atoms with E-state index in [0.717, 1.165) is 50.5 Å². The molecule has 8 heteroatoms. The van der Waals surface area contributed by atoms with Crippen molar-refractivity contribution < 1.29 is 14.3 Å². The van der Waals surface area contributed by atoms with E-state index in [1.165, 1.54) is 13.0 Å². The highest BCUT2D eigenvalue weighted by molar-refractivity contribution is 8.02. The topological polar surface area (TPSA) is 73.9 Å². The van der Waals surface area contributed by atoms with Crippen molar-refractivity contribution in [1.29, 1.82) is 0 Å². The zero-order valence-corrected chi connectivity index (χ0v) is 19.4. The van der Waals surface area contributed by atoms with Gasteiger partial charge in [-0.3, -0.25) is 9.59 Å². The lowest BCUT2D eigenvalue weighted by Gasteiger charge is -2.34. The molecule has 2 N–H and O–H groups in total. The van der Waals surface area contributed by atoms with Gasteiger partial charge in [0.25, 0.3) is 11.8 Å². The van der Waals surface area contributed by atoms with Crippen LogP contribution in [0.15, 0.2) is 29.4 Å². The first kappa shape index (κ1) is 23.6. The number of carbonyl (C=O) groups is 2. The Hall–Kier alpha value is -2.03. The van der Waals surface area contributed by atoms with Gasteiger partial charge in [0, 0.05) is 55.1 Å². The quantitative estimate of drug-likeness (QED) is 0.568. The number of thioether (sulfide) groups is 1. The molecule has 2 heterocycles. The number of anilines is 1. The molecule has 7 nitrogen and oxygen atoms in total. The van der Waals surface area contributed by atoms with E-state index in [1.807, 2.05) is 13.0 Å². The Morgan fingerprint density at radius 2 is 1.84 bits per heavy atom. The average Bonchev–Trinajstić information content (AvgIpc) is 2.80. The number of hydrogen-bond acceptors (Lipinski definition) is 6. The Balaban J connectivity index is 1.43. The first-order chi connectivity index (χ1) is 15.1. The third-order valence-corrected chi connectivity index (χ3v) is 6.35. The second-order valence-corrected chi connectivity index (χ2v) is 8.96. The van der Waals surface area contributed by atoms with E-state index in [2.05, 4.69) is 27.4 Å². The number of nitrogens with one attached hydrogen (secondary N) is 2. The number of hydrogen-bond donors (Lipinski definition) is 2. The largest absolute Gasteiger partial charge is 0.487 e. The lowest BCUT2D eigenvalue weighted by Crippen LogP contribution is -2.47. The monoisotopic (exact) mass is 446 g/mol. The van der Waals surface area contributed by atoms with Crippen LogP contribution in [0.25, 0.3) is 0 Å². The van der Waals surface area contributed by atoms with E-state index in [4.69, 9.17) is 4.74 Å². The molecule has 1 aromatic rings. The highest BCUT2D eigenvalue weighted by Gasteiger charge is 2.17. The molecule has 0 unspecified atom stereocenters. The summed E-state index contributed by atoms with van der Waals surface area (Å²) in [6.07, 6.45) is 2.14. The van der Waals surface area contributed by atoms with E-state index < -0.39 is 0 Å². The van der Waals surface area contributed by atoms with E-state index >= 15 is 0 Å². The summed E-state index contributed by atoms with van der Waals surface area (Å²) in [6, 6.07) is 5.37. The molecule has 2 amide bonds. The SMILES string of the molecule is CCCN1CCN(CCCNC(=O)c2ccc(C)c(NC(=O)C3=CSCCO3)c2)CC1. The Labute approximate surface area is 189 Å². The van der Waals surface area contributed by atoms with Gasteiger partial charge in [-0.05, 0) is 50.6 Å². The Morgan fingerprint density at radius 1 is 1.10 bits per heavy atom. The highest BCUT2D eigenvalue weighted by atomic mass is 32.2. The van der Waals surface area contributed by atoms with Gasteiger partial charge in [-0.15, -0.1) is 11.8 Å². The summed E-state index contributed by atoms with van der Waals surface area (Å²) in [6.45, 7) is 12.0. The molecule has 1 aromatic carbocycles. The predicted octanol–water partition coefficient (Wildman–Crippen LogP) is 2.69. The molecule has 1 saturated heterocycles. The van der Waals surface area contributed by atoms with Gasteiger partial charge in [-0.25, -0.2) is 0 Å². The number of benzene rings is 1. The van der Waals surface area contributed by atoms with Gasteiger partial charge in [0.2, 0.25) is 0 Å². The Bertz CT molecular complexity index is 791. The summed E-state index contributed by atoms with van der Waals surface area (Å²) in [5, 5.41) is 7.60. The van der Waals surface area contributed by atoms with Gasteiger partial charge in [-0.1, -0.05) is 13.0 Å². The number of piperazine rings is 1. The average molecular weight is 447 g/mol. The molecule has 0 atom stereocenters. The fourth-order valence-electron chi connectivity index (χ4n) is 3.73. The molecule has 2 aliphatic heterocycles. The van der Waals surface area contributed by atoms with Gasteiger partial charge in [0.15, 0.2) is 5.76 Å². The van der Waals surface area contributed by atoms with Crippen LogP contribution in [-0.2, 0) is 9.53 Å². The van der Waals surface area contributed by atoms with Crippen LogP contribution in [0.1, 0.15) is 35.7 Å². The molecule has 0 saturated carbocycles. The van der Waals surface area contributed by atoms with Crippen molar-refractivity contribution in [3.8, 4) is 0 Å². The summed E-state index contributed by atoms with van der Waals surface area (Å²) < 4.78 is 5.41. The second kappa shape index (κ2) is 12.1. The molecule has 31 heavy (non-hydrogen) atoms. The van der Waals surface area contributed by atoms with E-state index in [0.29, 0.717) is 30.2 Å². The Morgan fingerprint density at radius 3 is 2.52 bits per heavy atom. The van der Waals surface area contributed by atoms with Gasteiger partial charge >= 0.3 is 0 Å². The van der Waals surface area contributed by atoms with Crippen LogP contribution < -0.4 is 10.6 Å². The van der Waals surface area contributed by atoms with Gasteiger partial charge in [-0.2, -0.15) is 0 Å². The van der Waals surface area contributed by atoms with Gasteiger partial charge in [0.1, 0.15) is 0 Å². The van der Waals surface area contributed by atoms with Crippen LogP contribution >= 0.6 is 11.8 Å². The maximum atomic E-state index is 12.6. The molecule has 0 aromatic heterocycles. The van der Waals surface area contributed by atoms with E-state index in [-0.39, 0.29) is 11.8 Å². The first-order valence-corrected chi connectivity index (χ1v) is 12.2. The lowest BCUT2D eigenvalue weighted by atomic mass is 10.1. The molecular formula is C23H34N4O3S. The first-order valence-electron chi connectivity index (χ1n) is 11.2. The van der Waals surface area contributed by atoms with Crippen LogP contribution in [0.3, 0.4) is 0 Å². The Kier molecular flexibility index (Phi) is 9.24. The standard InChI is InChI=1S/C23H34N4O3S/c1-3-8-26-10-12-27(13-11-26)9-4-7-24-22(28)19-6-5-18(2)20(16-19)25-23(29)21-17-31-15-14-30-21/h5-6,16-17H,3-4,7-15H2,1-2H3,(H,24,28)(H,25,29). The molecule has 0 bridgehead atoms. The molecule has 0 radical (unpaired) electrons. The maximum Gasteiger partial charge on any atom is 0.291 e. The highest BCUT2D eigenvalue weighted by Crippen LogP contribution is 2.20. The minimum absolute atomic E-state index is 0.119. The minimum atomic E-state index is -0.285. The fraction of sp³-hybridized carbons (Fsp3) is 0.565. The molecular weight excluding hydrogens is 412 g/mol. The van der Waals surface area contributed by atoms with Crippen LogP contribution in [0.5, 0.6) is 0 Å². The van der Waals surface area contributed by atoms with Crippen LogP contribution in [0.4, 0.5) is 5.69 Å². The molecule has 0 spiro atoms. The van der Waals surface area contributed by atoms with E-state index in [1.54, 1.807) is 29.3 Å². The third kappa shape index (κ3) is 7.26. The molecule has 170 valence electrons. The van der Waals surface area contributed by atoms with Crippen molar-refractivity contribution in [3.63, 3.8) is 0 Å². The summed E-state index contributed by atoms with van der Waals surface area (Å²) in [5.41, 5.74) is 2.07. The molecule has 3 rings (SSSR count). The van der Waals surface area contributed by atoms with Crippen molar-refractivity contribution in [2.24, 2.45) is 0 Å². The fourth-order valence-corrected chi connectivity index (χ4v) is 4.35. The third-order valence-electron chi connectivity index (χ3n) is 5.56. The normalized spacial score (nSPS) is 17.5. The summed E-state index contributed by atoms with van der Waals surface area (Å²) >= 11 is 1.56. The van der Waals surface area contributed by atoms with Crippen LogP contribution in [0.2, 0.25) is 0 Å². The number of aryl methyl sites for hydroxylation is 1. The minimum Gasteiger partial charge on any atom is -0.487 e. The lowest BCUT2D eigenvalue weighted by molar-refractivity contribution is -0.116. The van der Waals surface area contributed by atoms with Crippen molar-refractivity contribution in [2.45, 2.75) is 26.7 Å². The zero-order chi connectivity index (χ0) is 22.1. The number of rotatable bonds is 9. The van der Waals surface area contributed by atoms with Crippen molar-refractivity contribution in [3.05, 3.63) is 40.5 Å². The number of ether oxygens (including phenoxy) is 1. The summed E-state index contributed by atoms with van der Waals surface area (Å²) in [7, 11) is 0. The molecule has 0 aliphatic carbocycles. The number of amides is 2. The van der Waals surface area contributed by atoms with Crippen molar-refractivity contribution in [2.75, 3.05) is 63.5 Å². The summed E-state index contributed by atoms with van der Waals surface area (Å²) in [4.78, 5) is 30.0. The molecule has 1 fully saturated rings. The van der Waals surface area contributed by atoms with Crippen LogP contribution in [0, 0.1) is 6.92 Å².